The van der Waals surface area contributed by atoms with Crippen LogP contribution in [0.4, 0.5) is 5.82 Å². The van der Waals surface area contributed by atoms with Crippen LogP contribution in [0.5, 0.6) is 0 Å². The van der Waals surface area contributed by atoms with E-state index in [0.29, 0.717) is 11.7 Å². The van der Waals surface area contributed by atoms with E-state index < -0.39 is 10.0 Å². The Bertz CT molecular complexity index is 847. The molecule has 0 aliphatic carbocycles. The van der Waals surface area contributed by atoms with Crippen LogP contribution in [0.25, 0.3) is 0 Å². The van der Waals surface area contributed by atoms with Crippen molar-refractivity contribution in [3.63, 3.8) is 0 Å². The summed E-state index contributed by atoms with van der Waals surface area (Å²) in [5.41, 5.74) is 2.57. The van der Waals surface area contributed by atoms with Crippen LogP contribution < -0.4 is 10.0 Å². The number of aryl methyl sites for hydroxylation is 1. The lowest BCUT2D eigenvalue weighted by atomic mass is 9.89. The third-order valence-electron chi connectivity index (χ3n) is 4.51. The average molecular weight is 410 g/mol. The summed E-state index contributed by atoms with van der Waals surface area (Å²) in [6.45, 7) is 3.62. The predicted octanol–water partition coefficient (Wildman–Crippen LogP) is 3.18. The van der Waals surface area contributed by atoms with E-state index >= 15 is 0 Å². The smallest absolute Gasteiger partial charge is 0.241 e. The molecule has 24 heavy (non-hydrogen) atoms. The molecule has 3 rings (SSSR count). The SMILES string of the molecule is Cc1cc(C2CCN(c3ncccc3S(N)(=O)=O)CC2)ccc1Br. The zero-order valence-electron chi connectivity index (χ0n) is 13.4. The van der Waals surface area contributed by atoms with E-state index in [4.69, 9.17) is 5.14 Å². The molecule has 2 aromatic rings. The molecule has 128 valence electrons. The minimum absolute atomic E-state index is 0.0999. The molecular weight excluding hydrogens is 390 g/mol. The Morgan fingerprint density at radius 3 is 2.58 bits per heavy atom. The monoisotopic (exact) mass is 409 g/mol. The third-order valence-corrected chi connectivity index (χ3v) is 6.33. The van der Waals surface area contributed by atoms with Crippen molar-refractivity contribution < 1.29 is 8.42 Å². The summed E-state index contributed by atoms with van der Waals surface area (Å²) >= 11 is 3.53. The van der Waals surface area contributed by atoms with E-state index in [1.807, 2.05) is 4.90 Å². The summed E-state index contributed by atoms with van der Waals surface area (Å²) in [7, 11) is -3.77. The maximum Gasteiger partial charge on any atom is 0.241 e. The summed E-state index contributed by atoms with van der Waals surface area (Å²) in [6.07, 6.45) is 3.53. The van der Waals surface area contributed by atoms with Gasteiger partial charge in [-0.3, -0.25) is 0 Å². The summed E-state index contributed by atoms with van der Waals surface area (Å²) in [4.78, 5) is 6.37. The number of hydrogen-bond donors (Lipinski definition) is 1. The number of halogens is 1. The summed E-state index contributed by atoms with van der Waals surface area (Å²) in [5.74, 6) is 0.945. The first-order valence-electron chi connectivity index (χ1n) is 7.85. The van der Waals surface area contributed by atoms with Gasteiger partial charge in [0.15, 0.2) is 0 Å². The fourth-order valence-corrected chi connectivity index (χ4v) is 4.14. The number of pyridine rings is 1. The number of piperidine rings is 1. The molecule has 1 aromatic heterocycles. The number of aromatic nitrogens is 1. The van der Waals surface area contributed by atoms with E-state index in [0.717, 1.165) is 30.4 Å². The molecule has 5 nitrogen and oxygen atoms in total. The molecule has 2 heterocycles. The number of nitrogens with zero attached hydrogens (tertiary/aromatic N) is 2. The highest BCUT2D eigenvalue weighted by Gasteiger charge is 2.25. The molecule has 0 amide bonds. The van der Waals surface area contributed by atoms with E-state index in [2.05, 4.69) is 46.0 Å². The average Bonchev–Trinajstić information content (AvgIpc) is 2.57. The predicted molar refractivity (Wildman–Crippen MR) is 98.7 cm³/mol. The van der Waals surface area contributed by atoms with Crippen LogP contribution in [-0.4, -0.2) is 26.5 Å². The number of benzene rings is 1. The summed E-state index contributed by atoms with van der Waals surface area (Å²) < 4.78 is 24.6. The van der Waals surface area contributed by atoms with Crippen LogP contribution in [0.15, 0.2) is 45.9 Å². The van der Waals surface area contributed by atoms with Crippen molar-refractivity contribution in [3.8, 4) is 0 Å². The maximum absolute atomic E-state index is 11.8. The summed E-state index contributed by atoms with van der Waals surface area (Å²) in [5, 5.41) is 5.31. The second-order valence-corrected chi connectivity index (χ2v) is 8.52. The number of hydrogen-bond acceptors (Lipinski definition) is 4. The first-order valence-corrected chi connectivity index (χ1v) is 10.2. The molecule has 0 unspecified atom stereocenters. The Hall–Kier alpha value is -1.44. The molecule has 1 saturated heterocycles. The van der Waals surface area contributed by atoms with E-state index in [1.165, 1.54) is 17.2 Å². The van der Waals surface area contributed by atoms with E-state index in [9.17, 15) is 8.42 Å². The van der Waals surface area contributed by atoms with Gasteiger partial charge in [0.2, 0.25) is 10.0 Å². The molecule has 1 aliphatic rings. The lowest BCUT2D eigenvalue weighted by Crippen LogP contribution is -2.35. The van der Waals surface area contributed by atoms with Crippen LogP contribution in [-0.2, 0) is 10.0 Å². The number of sulfonamides is 1. The fraction of sp³-hybridized carbons (Fsp3) is 0.353. The normalized spacial score (nSPS) is 16.4. The largest absolute Gasteiger partial charge is 0.355 e. The summed E-state index contributed by atoms with van der Waals surface area (Å²) in [6, 6.07) is 9.59. The Morgan fingerprint density at radius 1 is 1.25 bits per heavy atom. The molecule has 0 atom stereocenters. The van der Waals surface area contributed by atoms with Crippen molar-refractivity contribution in [1.29, 1.82) is 0 Å². The standard InChI is InChI=1S/C17H20BrN3O2S/c1-12-11-14(4-5-15(12)18)13-6-9-21(10-7-13)17-16(24(19,22)23)3-2-8-20-17/h2-5,8,11,13H,6-7,9-10H2,1H3,(H2,19,22,23). The van der Waals surface area contributed by atoms with Crippen molar-refractivity contribution in [2.75, 3.05) is 18.0 Å². The molecule has 0 radical (unpaired) electrons. The minimum Gasteiger partial charge on any atom is -0.355 e. The molecule has 1 aromatic carbocycles. The third kappa shape index (κ3) is 3.63. The van der Waals surface area contributed by atoms with Gasteiger partial charge in [-0.25, -0.2) is 18.5 Å². The van der Waals surface area contributed by atoms with Gasteiger partial charge in [-0.2, -0.15) is 0 Å². The molecule has 0 saturated carbocycles. The topological polar surface area (TPSA) is 76.3 Å². The molecule has 1 aliphatic heterocycles. The fourth-order valence-electron chi connectivity index (χ4n) is 3.19. The van der Waals surface area contributed by atoms with Crippen molar-refractivity contribution in [3.05, 3.63) is 52.1 Å². The van der Waals surface area contributed by atoms with Gasteiger partial charge in [0, 0.05) is 23.8 Å². The van der Waals surface area contributed by atoms with Crippen molar-refractivity contribution in [1.82, 2.24) is 4.98 Å². The molecular formula is C17H20BrN3O2S. The Morgan fingerprint density at radius 2 is 1.96 bits per heavy atom. The first-order chi connectivity index (χ1) is 11.4. The zero-order chi connectivity index (χ0) is 17.3. The lowest BCUT2D eigenvalue weighted by molar-refractivity contribution is 0.500. The van der Waals surface area contributed by atoms with Crippen LogP contribution in [0, 0.1) is 6.92 Å². The molecule has 0 spiro atoms. The van der Waals surface area contributed by atoms with Crippen LogP contribution in [0.1, 0.15) is 29.9 Å². The molecule has 0 bridgehead atoms. The molecule has 1 fully saturated rings. The van der Waals surface area contributed by atoms with Crippen LogP contribution in [0.3, 0.4) is 0 Å². The maximum atomic E-state index is 11.8. The lowest BCUT2D eigenvalue weighted by Gasteiger charge is -2.33. The van der Waals surface area contributed by atoms with Crippen molar-refractivity contribution in [2.45, 2.75) is 30.6 Å². The highest BCUT2D eigenvalue weighted by molar-refractivity contribution is 9.10. The zero-order valence-corrected chi connectivity index (χ0v) is 15.8. The Balaban J connectivity index is 1.77. The minimum atomic E-state index is -3.77. The second-order valence-electron chi connectivity index (χ2n) is 6.14. The van der Waals surface area contributed by atoms with Gasteiger partial charge in [-0.05, 0) is 55.0 Å². The number of primary sulfonamides is 1. The number of nitrogens with two attached hydrogens (primary N) is 1. The van der Waals surface area contributed by atoms with Crippen LogP contribution in [0.2, 0.25) is 0 Å². The van der Waals surface area contributed by atoms with E-state index in [1.54, 1.807) is 12.3 Å². The van der Waals surface area contributed by atoms with Gasteiger partial charge in [0.05, 0.1) is 0 Å². The van der Waals surface area contributed by atoms with Gasteiger partial charge >= 0.3 is 0 Å². The Labute approximate surface area is 151 Å². The number of anilines is 1. The van der Waals surface area contributed by atoms with Gasteiger partial charge in [-0.15, -0.1) is 0 Å². The molecule has 7 heteroatoms. The highest BCUT2D eigenvalue weighted by Crippen LogP contribution is 2.33. The first kappa shape index (κ1) is 17.4. The van der Waals surface area contributed by atoms with Crippen LogP contribution >= 0.6 is 15.9 Å². The highest BCUT2D eigenvalue weighted by atomic mass is 79.9. The quantitative estimate of drug-likeness (QED) is 0.843. The van der Waals surface area contributed by atoms with Gasteiger partial charge < -0.3 is 4.90 Å². The van der Waals surface area contributed by atoms with Crippen molar-refractivity contribution >= 4 is 31.8 Å². The van der Waals surface area contributed by atoms with Gasteiger partial charge in [-0.1, -0.05) is 28.1 Å². The van der Waals surface area contributed by atoms with Gasteiger partial charge in [0.1, 0.15) is 10.7 Å². The second kappa shape index (κ2) is 6.82. The van der Waals surface area contributed by atoms with Crippen molar-refractivity contribution in [2.24, 2.45) is 5.14 Å². The number of rotatable bonds is 3. The molecule has 2 N–H and O–H groups in total. The van der Waals surface area contributed by atoms with E-state index in [-0.39, 0.29) is 4.90 Å². The Kier molecular flexibility index (Phi) is 4.94. The van der Waals surface area contributed by atoms with Gasteiger partial charge in [0.25, 0.3) is 0 Å².